The Morgan fingerprint density at radius 3 is 0.774 bits per heavy atom. The van der Waals surface area contributed by atoms with Crippen molar-refractivity contribution in [1.82, 2.24) is 17.9 Å². The van der Waals surface area contributed by atoms with Crippen molar-refractivity contribution in [2.45, 2.75) is 0 Å². The van der Waals surface area contributed by atoms with Gasteiger partial charge in [0.1, 0.15) is 11.2 Å². The van der Waals surface area contributed by atoms with E-state index in [-0.39, 0.29) is 0 Å². The number of benzene rings is 22. The monoisotopic (exact) mass is 1690 g/mol. The van der Waals surface area contributed by atoms with Gasteiger partial charge in [0.05, 0.1) is 55.2 Å². The fraction of sp³-hybridized carbons (Fsp3) is 0. The van der Waals surface area contributed by atoms with Gasteiger partial charge in [-0.15, -0.1) is 0 Å². The maximum Gasteiger partial charge on any atom is 0.136 e. The molecule has 0 amide bonds. The second-order valence-electron chi connectivity index (χ2n) is 35.4. The van der Waals surface area contributed by atoms with Crippen LogP contribution in [0.1, 0.15) is 0 Å². The number of nitrogens with zero attached hydrogens (tertiary/aromatic N) is 6. The molecule has 0 unspecified atom stereocenters. The maximum absolute atomic E-state index is 6.27. The van der Waals surface area contributed by atoms with Crippen LogP contribution in [0.2, 0.25) is 0 Å². The van der Waals surface area contributed by atoms with Crippen LogP contribution in [0.25, 0.3) is 230 Å². The molecule has 7 aromatic heterocycles. The van der Waals surface area contributed by atoms with Gasteiger partial charge in [-0.05, 0) is 247 Å². The highest BCUT2D eigenvalue weighted by Gasteiger charge is 2.25. The van der Waals surface area contributed by atoms with E-state index in [1.54, 1.807) is 0 Å². The normalized spacial score (nSPS) is 12.1. The lowest BCUT2D eigenvalue weighted by molar-refractivity contribution is 0.669. The molecule has 0 saturated heterocycles. The highest BCUT2D eigenvalue weighted by molar-refractivity contribution is 6.28. The van der Waals surface area contributed by atoms with Gasteiger partial charge in [0.2, 0.25) is 0 Å². The molecule has 7 heterocycles. The second-order valence-corrected chi connectivity index (χ2v) is 35.4. The molecule has 0 saturated carbocycles. The number of anilines is 6. The molecule has 0 spiro atoms. The molecule has 29 rings (SSSR count). The SMILES string of the molecule is c1ccc2c(c1)c1ccccc1c1cc(-c3ccc(N(c4ccc(-c5ccc(-n6c7ccccc7c7ccccc76)cc5)cc4)c4ccc5c(c4)c4cccc6c7ccccc7n5c64)cc3)ccc21.c1ccc2c(c1)oc1cc(-c3ccc(N(c4ccc(-c5ccc(-n6c7ccccc7c7ccccc76)cc5)cc4)c4ccc5c(c4)c4cccc6c7ccccc7n5c64)cc3)ccc12. The Balaban J connectivity index is 0.000000133. The summed E-state index contributed by atoms with van der Waals surface area (Å²) in [5.41, 5.74) is 32.4. The summed E-state index contributed by atoms with van der Waals surface area (Å²) in [6.45, 7) is 0. The van der Waals surface area contributed by atoms with Crippen molar-refractivity contribution in [3.8, 4) is 55.9 Å². The van der Waals surface area contributed by atoms with Crippen molar-refractivity contribution in [2.24, 2.45) is 0 Å². The van der Waals surface area contributed by atoms with Gasteiger partial charge in [-0.3, -0.25) is 0 Å². The minimum absolute atomic E-state index is 0.900. The van der Waals surface area contributed by atoms with Crippen LogP contribution in [-0.4, -0.2) is 17.9 Å². The minimum atomic E-state index is 0.900. The quantitative estimate of drug-likeness (QED) is 0.114. The molecule has 7 heteroatoms. The van der Waals surface area contributed by atoms with E-state index < -0.39 is 0 Å². The predicted molar refractivity (Wildman–Crippen MR) is 562 cm³/mol. The molecule has 0 aliphatic carbocycles. The number of para-hydroxylation sites is 9. The van der Waals surface area contributed by atoms with Crippen LogP contribution in [0.15, 0.2) is 478 Å². The molecule has 133 heavy (non-hydrogen) atoms. The summed E-state index contributed by atoms with van der Waals surface area (Å²) in [5.74, 6) is 0. The molecular formula is C126H78N6O. The summed E-state index contributed by atoms with van der Waals surface area (Å²) in [5, 5.41) is 25.3. The molecular weight excluding hydrogens is 1610 g/mol. The van der Waals surface area contributed by atoms with Crippen molar-refractivity contribution in [3.05, 3.63) is 473 Å². The van der Waals surface area contributed by atoms with E-state index in [1.165, 1.54) is 185 Å². The summed E-state index contributed by atoms with van der Waals surface area (Å²) in [7, 11) is 0. The third-order valence-corrected chi connectivity index (χ3v) is 28.3. The van der Waals surface area contributed by atoms with E-state index >= 15 is 0 Å². The smallest absolute Gasteiger partial charge is 0.136 e. The average molecular weight is 1690 g/mol. The van der Waals surface area contributed by atoms with Crippen molar-refractivity contribution in [2.75, 3.05) is 9.80 Å². The van der Waals surface area contributed by atoms with Gasteiger partial charge in [0, 0.05) is 121 Å². The van der Waals surface area contributed by atoms with Crippen molar-refractivity contribution in [3.63, 3.8) is 0 Å². The van der Waals surface area contributed by atoms with E-state index in [2.05, 4.69) is 489 Å². The van der Waals surface area contributed by atoms with Crippen molar-refractivity contribution in [1.29, 1.82) is 0 Å². The van der Waals surface area contributed by atoms with E-state index in [1.807, 2.05) is 12.1 Å². The molecule has 0 fully saturated rings. The molecule has 0 bridgehead atoms. The van der Waals surface area contributed by atoms with Crippen LogP contribution in [0.5, 0.6) is 0 Å². The molecule has 618 valence electrons. The zero-order valence-electron chi connectivity index (χ0n) is 72.1. The van der Waals surface area contributed by atoms with E-state index in [9.17, 15) is 0 Å². The Labute approximate surface area is 764 Å². The van der Waals surface area contributed by atoms with Gasteiger partial charge in [-0.25, -0.2) is 0 Å². The Bertz CT molecular complexity index is 9620. The number of hydrogen-bond acceptors (Lipinski definition) is 3. The highest BCUT2D eigenvalue weighted by atomic mass is 16.3. The molecule has 0 atom stereocenters. The van der Waals surface area contributed by atoms with Crippen molar-refractivity contribution < 1.29 is 4.42 Å². The first kappa shape index (κ1) is 74.3. The van der Waals surface area contributed by atoms with Gasteiger partial charge in [0.25, 0.3) is 0 Å². The summed E-state index contributed by atoms with van der Waals surface area (Å²) < 4.78 is 15.9. The van der Waals surface area contributed by atoms with Gasteiger partial charge in [0.15, 0.2) is 0 Å². The lowest BCUT2D eigenvalue weighted by atomic mass is 9.92. The molecule has 0 radical (unpaired) electrons. The highest BCUT2D eigenvalue weighted by Crippen LogP contribution is 2.49. The number of fused-ring (bicyclic) bond motifs is 27. The van der Waals surface area contributed by atoms with Crippen LogP contribution in [0.3, 0.4) is 0 Å². The van der Waals surface area contributed by atoms with Crippen LogP contribution in [0, 0.1) is 0 Å². The first-order chi connectivity index (χ1) is 66.0. The Kier molecular flexibility index (Phi) is 16.4. The standard InChI is InChI=1S/C66H41N3.C60H37N3O/c1-2-14-52-50(12-1)51-13-3-4-15-53(51)60-40-45(30-38-54(52)60)44-28-33-47(34-29-44)67(49-37-39-65-61(41-49)59-20-11-19-58-57-18-7-10-23-64(57)69(65)66(58)59)46-31-24-42(25-32-46)43-26-35-48(36-27-43)68-62-21-8-5-16-55(62)56-17-6-9-22-63(56)68;1-5-16-54-46(10-1)47-11-2-6-17-55(47)62(54)44-31-22-39(23-32-44)38-20-27-42(28-21-38)61(43-29-24-40(25-30-43)41-26-34-50-49-13-4-8-19-58(49)64-59(50)36-41)45-33-35-57-53(37-45)52-15-9-14-51-48-12-3-7-18-56(48)63(57)60(51)52/h1-41H;1-37H. The summed E-state index contributed by atoms with van der Waals surface area (Å²) in [6, 6.07) is 173. The Hall–Kier alpha value is -17.8. The summed E-state index contributed by atoms with van der Waals surface area (Å²) in [6.07, 6.45) is 0. The zero-order valence-corrected chi connectivity index (χ0v) is 72.1. The third-order valence-electron chi connectivity index (χ3n) is 28.3. The largest absolute Gasteiger partial charge is 0.456 e. The maximum atomic E-state index is 6.27. The Morgan fingerprint density at radius 1 is 0.143 bits per heavy atom. The lowest BCUT2D eigenvalue weighted by Gasteiger charge is -2.26. The van der Waals surface area contributed by atoms with E-state index in [0.29, 0.717) is 0 Å². The number of rotatable bonds is 12. The Morgan fingerprint density at radius 2 is 0.391 bits per heavy atom. The predicted octanol–water partition coefficient (Wildman–Crippen LogP) is 34.8. The number of aromatic nitrogens is 4. The van der Waals surface area contributed by atoms with E-state index in [4.69, 9.17) is 4.42 Å². The first-order valence-electron chi connectivity index (χ1n) is 45.7. The first-order valence-corrected chi connectivity index (χ1v) is 45.7. The van der Waals surface area contributed by atoms with Crippen molar-refractivity contribution >= 4 is 208 Å². The topological polar surface area (TPSA) is 38.3 Å². The summed E-state index contributed by atoms with van der Waals surface area (Å²) >= 11 is 0. The zero-order chi connectivity index (χ0) is 87.0. The van der Waals surface area contributed by atoms with Crippen LogP contribution in [0.4, 0.5) is 34.1 Å². The van der Waals surface area contributed by atoms with Crippen LogP contribution < -0.4 is 9.80 Å². The molecule has 29 aromatic rings. The van der Waals surface area contributed by atoms with Gasteiger partial charge < -0.3 is 32.2 Å². The van der Waals surface area contributed by atoms with Gasteiger partial charge in [-0.1, -0.05) is 303 Å². The van der Waals surface area contributed by atoms with Crippen LogP contribution >= 0.6 is 0 Å². The molecule has 0 N–H and O–H groups in total. The third kappa shape index (κ3) is 11.5. The van der Waals surface area contributed by atoms with Crippen LogP contribution in [-0.2, 0) is 0 Å². The number of hydrogen-bond donors (Lipinski definition) is 0. The fourth-order valence-electron chi connectivity index (χ4n) is 22.2. The molecule has 0 aliphatic heterocycles. The molecule has 22 aromatic carbocycles. The number of furan rings is 1. The average Bonchev–Trinajstić information content (AvgIpc) is 1.56. The summed E-state index contributed by atoms with van der Waals surface area (Å²) in [4.78, 5) is 4.79. The minimum Gasteiger partial charge on any atom is -0.456 e. The molecule has 0 aliphatic rings. The lowest BCUT2D eigenvalue weighted by Crippen LogP contribution is -2.09. The van der Waals surface area contributed by atoms with Gasteiger partial charge in [-0.2, -0.15) is 0 Å². The van der Waals surface area contributed by atoms with E-state index in [0.717, 1.165) is 78.6 Å². The molecule has 7 nitrogen and oxygen atoms in total. The second kappa shape index (κ2) is 29.4. The van der Waals surface area contributed by atoms with Gasteiger partial charge >= 0.3 is 0 Å². The fourth-order valence-corrected chi connectivity index (χ4v) is 22.2.